The quantitative estimate of drug-likeness (QED) is 0.815. The van der Waals surface area contributed by atoms with Crippen molar-refractivity contribution in [2.24, 2.45) is 5.41 Å². The fourth-order valence-electron chi connectivity index (χ4n) is 4.14. The molecule has 2 fully saturated rings. The molecule has 0 aliphatic carbocycles. The number of likely N-dealkylation sites (tertiary alicyclic amines) is 2. The molecule has 0 bridgehead atoms. The third-order valence-corrected chi connectivity index (χ3v) is 6.58. The number of carbonyl (C=O) groups excluding carboxylic acids is 1. The first-order valence-electron chi connectivity index (χ1n) is 8.79. The molecule has 1 amide bonds. The Balaban J connectivity index is 1.43. The number of hydrogen-bond acceptors (Lipinski definition) is 4. The van der Waals surface area contributed by atoms with Crippen LogP contribution in [0.25, 0.3) is 0 Å². The van der Waals surface area contributed by atoms with Crippen LogP contribution in [0.1, 0.15) is 29.7 Å². The Bertz CT molecular complexity index is 750. The first-order valence-corrected chi connectivity index (χ1v) is 9.99. The van der Waals surface area contributed by atoms with E-state index in [1.54, 1.807) is 17.5 Å². The molecule has 2 aliphatic rings. The Labute approximate surface area is 157 Å². The van der Waals surface area contributed by atoms with Crippen LogP contribution in [0.4, 0.5) is 0 Å². The fraction of sp³-hybridized carbons (Fsp3) is 0.474. The lowest BCUT2D eigenvalue weighted by atomic mass is 9.78. The van der Waals surface area contributed by atoms with Gasteiger partial charge in [0, 0.05) is 43.4 Å². The van der Waals surface area contributed by atoms with Crippen molar-refractivity contribution in [1.82, 2.24) is 14.8 Å². The van der Waals surface area contributed by atoms with Crippen molar-refractivity contribution in [3.8, 4) is 0 Å². The highest BCUT2D eigenvalue weighted by atomic mass is 35.5. The molecule has 25 heavy (non-hydrogen) atoms. The van der Waals surface area contributed by atoms with E-state index in [0.717, 1.165) is 55.3 Å². The molecule has 4 nitrogen and oxygen atoms in total. The first kappa shape index (κ1) is 17.0. The Hall–Kier alpha value is -1.43. The number of carbonyl (C=O) groups is 1. The monoisotopic (exact) mass is 375 g/mol. The molecule has 2 aliphatic heterocycles. The van der Waals surface area contributed by atoms with Crippen LogP contribution >= 0.6 is 22.9 Å². The molecule has 2 aromatic rings. The second-order valence-electron chi connectivity index (χ2n) is 7.14. The number of aromatic nitrogens is 1. The number of nitrogens with zero attached hydrogens (tertiary/aromatic N) is 3. The van der Waals surface area contributed by atoms with E-state index in [2.05, 4.69) is 16.0 Å². The summed E-state index contributed by atoms with van der Waals surface area (Å²) in [5.74, 6) is 0.328. The number of thiophene rings is 1. The van der Waals surface area contributed by atoms with Gasteiger partial charge in [-0.25, -0.2) is 0 Å². The van der Waals surface area contributed by atoms with Crippen LogP contribution < -0.4 is 0 Å². The van der Waals surface area contributed by atoms with Crippen molar-refractivity contribution in [2.45, 2.75) is 32.4 Å². The lowest BCUT2D eigenvalue weighted by molar-refractivity contribution is -0.146. The second-order valence-corrected chi connectivity index (χ2v) is 8.94. The van der Waals surface area contributed by atoms with E-state index >= 15 is 0 Å². The Morgan fingerprint density at radius 2 is 2.12 bits per heavy atom. The number of hydrogen-bond donors (Lipinski definition) is 0. The molecular weight excluding hydrogens is 354 g/mol. The van der Waals surface area contributed by atoms with E-state index in [-0.39, 0.29) is 5.41 Å². The molecule has 6 heteroatoms. The van der Waals surface area contributed by atoms with Gasteiger partial charge in [-0.3, -0.25) is 14.7 Å². The average molecular weight is 376 g/mol. The van der Waals surface area contributed by atoms with Crippen molar-refractivity contribution >= 4 is 28.8 Å². The molecule has 1 atom stereocenters. The maximum absolute atomic E-state index is 13.2. The zero-order chi connectivity index (χ0) is 17.3. The van der Waals surface area contributed by atoms with E-state index in [9.17, 15) is 4.79 Å². The van der Waals surface area contributed by atoms with Crippen molar-refractivity contribution in [3.05, 3.63) is 51.4 Å². The van der Waals surface area contributed by atoms with Gasteiger partial charge in [-0.15, -0.1) is 11.3 Å². The Morgan fingerprint density at radius 3 is 2.88 bits per heavy atom. The van der Waals surface area contributed by atoms with Crippen molar-refractivity contribution in [1.29, 1.82) is 0 Å². The number of pyridine rings is 1. The van der Waals surface area contributed by atoms with Gasteiger partial charge in [0.05, 0.1) is 9.75 Å². The van der Waals surface area contributed by atoms with Crippen LogP contribution in [0, 0.1) is 5.41 Å². The first-order chi connectivity index (χ1) is 12.1. The smallest absolute Gasteiger partial charge is 0.230 e. The van der Waals surface area contributed by atoms with Crippen LogP contribution in [0.2, 0.25) is 4.34 Å². The summed E-state index contributed by atoms with van der Waals surface area (Å²) >= 11 is 7.68. The normalized spacial score (nSPS) is 24.4. The summed E-state index contributed by atoms with van der Waals surface area (Å²) in [6, 6.07) is 8.02. The summed E-state index contributed by atoms with van der Waals surface area (Å²) in [4.78, 5) is 23.1. The topological polar surface area (TPSA) is 36.4 Å². The predicted molar refractivity (Wildman–Crippen MR) is 101 cm³/mol. The van der Waals surface area contributed by atoms with E-state index in [1.165, 1.54) is 4.88 Å². The minimum atomic E-state index is -0.193. The van der Waals surface area contributed by atoms with Crippen LogP contribution in [0.5, 0.6) is 0 Å². The lowest BCUT2D eigenvalue weighted by Gasteiger charge is -2.39. The van der Waals surface area contributed by atoms with Gasteiger partial charge < -0.3 is 4.90 Å². The third kappa shape index (κ3) is 3.59. The van der Waals surface area contributed by atoms with E-state index in [1.807, 2.05) is 29.3 Å². The number of amides is 1. The van der Waals surface area contributed by atoms with Gasteiger partial charge in [-0.05, 0) is 49.6 Å². The van der Waals surface area contributed by atoms with Crippen LogP contribution in [0.3, 0.4) is 0 Å². The van der Waals surface area contributed by atoms with E-state index in [0.29, 0.717) is 12.5 Å². The van der Waals surface area contributed by atoms with Gasteiger partial charge in [0.1, 0.15) is 0 Å². The largest absolute Gasteiger partial charge is 0.338 e. The molecule has 0 aromatic carbocycles. The lowest BCUT2D eigenvalue weighted by Crippen LogP contribution is -2.49. The van der Waals surface area contributed by atoms with Crippen molar-refractivity contribution < 1.29 is 4.79 Å². The molecule has 2 aromatic heterocycles. The Kier molecular flexibility index (Phi) is 4.80. The summed E-state index contributed by atoms with van der Waals surface area (Å²) in [6.45, 7) is 4.28. The van der Waals surface area contributed by atoms with E-state index in [4.69, 9.17) is 11.6 Å². The maximum Gasteiger partial charge on any atom is 0.230 e. The van der Waals surface area contributed by atoms with Gasteiger partial charge in [0.15, 0.2) is 0 Å². The maximum atomic E-state index is 13.2. The minimum absolute atomic E-state index is 0.193. The summed E-state index contributed by atoms with van der Waals surface area (Å²) in [5.41, 5.74) is 0.914. The average Bonchev–Trinajstić information content (AvgIpc) is 3.21. The highest BCUT2D eigenvalue weighted by Gasteiger charge is 2.48. The highest BCUT2D eigenvalue weighted by molar-refractivity contribution is 7.16. The summed E-state index contributed by atoms with van der Waals surface area (Å²) in [5, 5.41) is 0. The molecular formula is C19H22ClN3OS. The molecule has 4 heterocycles. The zero-order valence-corrected chi connectivity index (χ0v) is 15.7. The SMILES string of the molecule is O=C1N(Cc2cccnc2)CCCC12CCN(Cc1ccc(Cl)s1)C2. The molecule has 1 unspecified atom stereocenters. The predicted octanol–water partition coefficient (Wildman–Crippen LogP) is 3.81. The molecule has 1 spiro atoms. The van der Waals surface area contributed by atoms with Gasteiger partial charge in [0.25, 0.3) is 0 Å². The van der Waals surface area contributed by atoms with Crippen LogP contribution in [-0.4, -0.2) is 40.3 Å². The number of piperidine rings is 1. The standard InChI is InChI=1S/C19H22ClN3OS/c20-17-5-4-16(25-17)13-22-10-7-19(14-22)6-2-9-23(18(19)24)12-15-3-1-8-21-11-15/h1,3-5,8,11H,2,6-7,9-10,12-14H2. The summed E-state index contributed by atoms with van der Waals surface area (Å²) in [6.07, 6.45) is 6.70. The molecule has 2 saturated heterocycles. The molecule has 0 radical (unpaired) electrons. The summed E-state index contributed by atoms with van der Waals surface area (Å²) < 4.78 is 0.834. The Morgan fingerprint density at radius 1 is 1.20 bits per heavy atom. The van der Waals surface area contributed by atoms with Gasteiger partial charge in [-0.2, -0.15) is 0 Å². The third-order valence-electron chi connectivity index (χ3n) is 5.36. The fourth-order valence-corrected chi connectivity index (χ4v) is 5.27. The summed E-state index contributed by atoms with van der Waals surface area (Å²) in [7, 11) is 0. The van der Waals surface area contributed by atoms with Gasteiger partial charge in [-0.1, -0.05) is 17.7 Å². The van der Waals surface area contributed by atoms with Crippen LogP contribution in [0.15, 0.2) is 36.7 Å². The minimum Gasteiger partial charge on any atom is -0.338 e. The molecule has 4 rings (SSSR count). The van der Waals surface area contributed by atoms with Crippen molar-refractivity contribution in [2.75, 3.05) is 19.6 Å². The molecule has 0 saturated carbocycles. The van der Waals surface area contributed by atoms with Gasteiger partial charge >= 0.3 is 0 Å². The highest BCUT2D eigenvalue weighted by Crippen LogP contribution is 2.41. The van der Waals surface area contributed by atoms with Gasteiger partial charge in [0.2, 0.25) is 5.91 Å². The molecule has 132 valence electrons. The van der Waals surface area contributed by atoms with Crippen molar-refractivity contribution in [3.63, 3.8) is 0 Å². The zero-order valence-electron chi connectivity index (χ0n) is 14.2. The molecule has 0 N–H and O–H groups in total. The van der Waals surface area contributed by atoms with E-state index < -0.39 is 0 Å². The number of halogens is 1. The second kappa shape index (κ2) is 7.06. The number of rotatable bonds is 4. The van der Waals surface area contributed by atoms with Crippen LogP contribution in [-0.2, 0) is 17.9 Å².